The van der Waals surface area contributed by atoms with Crippen molar-refractivity contribution in [1.82, 2.24) is 9.88 Å². The lowest BCUT2D eigenvalue weighted by Gasteiger charge is -2.26. The van der Waals surface area contributed by atoms with E-state index in [1.165, 1.54) is 6.42 Å². The fourth-order valence-corrected chi connectivity index (χ4v) is 3.11. The third-order valence-corrected chi connectivity index (χ3v) is 4.17. The van der Waals surface area contributed by atoms with Crippen LogP contribution in [0.25, 0.3) is 0 Å². The summed E-state index contributed by atoms with van der Waals surface area (Å²) in [5, 5.41) is 0. The summed E-state index contributed by atoms with van der Waals surface area (Å²) in [6.07, 6.45) is 5.14. The summed E-state index contributed by atoms with van der Waals surface area (Å²) in [4.78, 5) is 18.8. The molecular formula is C13H15N3OS. The molecule has 1 amide bonds. The second-order valence-electron chi connectivity index (χ2n) is 5.09. The first-order chi connectivity index (χ1) is 8.65. The number of nitrogens with two attached hydrogens (primary N) is 1. The summed E-state index contributed by atoms with van der Waals surface area (Å²) < 4.78 is 0. The fourth-order valence-electron chi connectivity index (χ4n) is 2.99. The molecule has 2 bridgehead atoms. The molecule has 18 heavy (non-hydrogen) atoms. The van der Waals surface area contributed by atoms with Crippen molar-refractivity contribution in [3.63, 3.8) is 0 Å². The zero-order valence-electron chi connectivity index (χ0n) is 10.0. The van der Waals surface area contributed by atoms with Crippen LogP contribution in [0.2, 0.25) is 0 Å². The Morgan fingerprint density at radius 3 is 2.78 bits per heavy atom. The highest BCUT2D eigenvalue weighted by molar-refractivity contribution is 7.80. The third-order valence-electron chi connectivity index (χ3n) is 3.94. The lowest BCUT2D eigenvalue weighted by Crippen LogP contribution is -2.38. The van der Waals surface area contributed by atoms with E-state index in [4.69, 9.17) is 18.0 Å². The minimum absolute atomic E-state index is 0.0386. The summed E-state index contributed by atoms with van der Waals surface area (Å²) in [6, 6.07) is 3.90. The number of carbonyl (C=O) groups excluding carboxylic acids is 1. The van der Waals surface area contributed by atoms with Crippen molar-refractivity contribution in [3.05, 3.63) is 29.6 Å². The normalized spacial score (nSPS) is 25.4. The highest BCUT2D eigenvalue weighted by Gasteiger charge is 2.40. The van der Waals surface area contributed by atoms with Crippen LogP contribution in [0.5, 0.6) is 0 Å². The van der Waals surface area contributed by atoms with E-state index >= 15 is 0 Å². The number of hydrogen-bond acceptors (Lipinski definition) is 3. The molecular weight excluding hydrogens is 246 g/mol. The van der Waals surface area contributed by atoms with Crippen molar-refractivity contribution in [2.24, 2.45) is 11.7 Å². The third kappa shape index (κ3) is 1.88. The number of rotatable bonds is 2. The predicted octanol–water partition coefficient (Wildman–Crippen LogP) is 1.34. The summed E-state index contributed by atoms with van der Waals surface area (Å²) in [5.74, 6) is 0.742. The summed E-state index contributed by atoms with van der Waals surface area (Å²) in [5.41, 5.74) is 6.69. The van der Waals surface area contributed by atoms with Crippen molar-refractivity contribution in [2.75, 3.05) is 6.54 Å². The molecule has 2 unspecified atom stereocenters. The number of pyridine rings is 1. The largest absolute Gasteiger partial charge is 0.389 e. The molecule has 1 aromatic heterocycles. The highest BCUT2D eigenvalue weighted by atomic mass is 32.1. The molecule has 2 fully saturated rings. The van der Waals surface area contributed by atoms with Gasteiger partial charge in [-0.3, -0.25) is 9.78 Å². The Kier molecular flexibility index (Phi) is 2.78. The van der Waals surface area contributed by atoms with Gasteiger partial charge >= 0.3 is 0 Å². The average Bonchev–Trinajstić information content (AvgIpc) is 3.00. The van der Waals surface area contributed by atoms with Gasteiger partial charge in [0.15, 0.2) is 0 Å². The first kappa shape index (κ1) is 11.6. The van der Waals surface area contributed by atoms with Crippen LogP contribution in [0.15, 0.2) is 18.3 Å². The number of hydrogen-bond donors (Lipinski definition) is 1. The Morgan fingerprint density at radius 2 is 2.28 bits per heavy atom. The molecule has 2 heterocycles. The highest BCUT2D eigenvalue weighted by Crippen LogP contribution is 2.37. The van der Waals surface area contributed by atoms with Crippen molar-refractivity contribution in [1.29, 1.82) is 0 Å². The SMILES string of the molecule is NC(=S)c1ccc(C(=O)N2CC3CCC2C3)nc1. The summed E-state index contributed by atoms with van der Waals surface area (Å²) >= 11 is 4.86. The minimum atomic E-state index is 0.0386. The molecule has 2 atom stereocenters. The van der Waals surface area contributed by atoms with Crippen molar-refractivity contribution in [2.45, 2.75) is 25.3 Å². The summed E-state index contributed by atoms with van der Waals surface area (Å²) in [7, 11) is 0. The zero-order chi connectivity index (χ0) is 12.7. The molecule has 5 heteroatoms. The molecule has 0 aromatic carbocycles. The van der Waals surface area contributed by atoms with Crippen molar-refractivity contribution < 1.29 is 4.79 Å². The van der Waals surface area contributed by atoms with Gasteiger partial charge in [-0.15, -0.1) is 0 Å². The average molecular weight is 261 g/mol. The zero-order valence-corrected chi connectivity index (χ0v) is 10.8. The molecule has 1 saturated heterocycles. The van der Waals surface area contributed by atoms with Crippen LogP contribution >= 0.6 is 12.2 Å². The van der Waals surface area contributed by atoms with E-state index < -0.39 is 0 Å². The molecule has 1 aliphatic heterocycles. The van der Waals surface area contributed by atoms with E-state index in [0.717, 1.165) is 19.4 Å². The number of thiocarbonyl (C=S) groups is 1. The lowest BCUT2D eigenvalue weighted by molar-refractivity contribution is 0.0697. The van der Waals surface area contributed by atoms with Crippen molar-refractivity contribution >= 4 is 23.1 Å². The maximum atomic E-state index is 12.3. The second kappa shape index (κ2) is 4.31. The van der Waals surface area contributed by atoms with Gasteiger partial charge in [-0.1, -0.05) is 12.2 Å². The first-order valence-electron chi connectivity index (χ1n) is 6.22. The van der Waals surface area contributed by atoms with E-state index in [0.29, 0.717) is 28.2 Å². The number of aromatic nitrogens is 1. The second-order valence-corrected chi connectivity index (χ2v) is 5.53. The Balaban J connectivity index is 1.78. The molecule has 94 valence electrons. The van der Waals surface area contributed by atoms with Gasteiger partial charge in [0, 0.05) is 24.3 Å². The standard InChI is InChI=1S/C13H15N3OS/c14-12(18)9-2-4-11(15-6-9)13(17)16-7-8-1-3-10(16)5-8/h2,4,6,8,10H,1,3,5,7H2,(H2,14,18). The molecule has 4 nitrogen and oxygen atoms in total. The lowest BCUT2D eigenvalue weighted by atomic mass is 10.1. The number of amides is 1. The van der Waals surface area contributed by atoms with Gasteiger partial charge < -0.3 is 10.6 Å². The van der Waals surface area contributed by atoms with Crippen molar-refractivity contribution in [3.8, 4) is 0 Å². The van der Waals surface area contributed by atoms with E-state index in [9.17, 15) is 4.79 Å². The van der Waals surface area contributed by atoms with Crippen LogP contribution in [0, 0.1) is 5.92 Å². The number of likely N-dealkylation sites (tertiary alicyclic amines) is 1. The Bertz CT molecular complexity index is 499. The van der Waals surface area contributed by atoms with Gasteiger partial charge in [0.2, 0.25) is 0 Å². The molecule has 1 aliphatic carbocycles. The molecule has 3 rings (SSSR count). The minimum Gasteiger partial charge on any atom is -0.389 e. The first-order valence-corrected chi connectivity index (χ1v) is 6.63. The molecule has 1 aromatic rings. The van der Waals surface area contributed by atoms with Crippen LogP contribution in [-0.4, -0.2) is 33.4 Å². The Labute approximate surface area is 111 Å². The molecule has 0 radical (unpaired) electrons. The van der Waals surface area contributed by atoms with Crippen LogP contribution in [0.4, 0.5) is 0 Å². The maximum absolute atomic E-state index is 12.3. The van der Waals surface area contributed by atoms with Gasteiger partial charge in [-0.05, 0) is 37.3 Å². The van der Waals surface area contributed by atoms with Crippen LogP contribution in [0.1, 0.15) is 35.3 Å². The smallest absolute Gasteiger partial charge is 0.272 e. The molecule has 1 saturated carbocycles. The predicted molar refractivity (Wildman–Crippen MR) is 72.3 cm³/mol. The van der Waals surface area contributed by atoms with Crippen LogP contribution in [0.3, 0.4) is 0 Å². The molecule has 2 N–H and O–H groups in total. The number of carbonyl (C=O) groups is 1. The van der Waals surface area contributed by atoms with E-state index in [-0.39, 0.29) is 5.91 Å². The monoisotopic (exact) mass is 261 g/mol. The number of nitrogens with zero attached hydrogens (tertiary/aromatic N) is 2. The number of fused-ring (bicyclic) bond motifs is 2. The van der Waals surface area contributed by atoms with Crippen LogP contribution in [-0.2, 0) is 0 Å². The topological polar surface area (TPSA) is 59.2 Å². The molecule has 0 spiro atoms. The van der Waals surface area contributed by atoms with Gasteiger partial charge in [-0.25, -0.2) is 0 Å². The van der Waals surface area contributed by atoms with Crippen LogP contribution < -0.4 is 5.73 Å². The number of piperidine rings is 1. The fraction of sp³-hybridized carbons (Fsp3) is 0.462. The van der Waals surface area contributed by atoms with Gasteiger partial charge in [-0.2, -0.15) is 0 Å². The van der Waals surface area contributed by atoms with E-state index in [1.807, 2.05) is 4.90 Å². The van der Waals surface area contributed by atoms with E-state index in [2.05, 4.69) is 4.98 Å². The Morgan fingerprint density at radius 1 is 1.44 bits per heavy atom. The van der Waals surface area contributed by atoms with Gasteiger partial charge in [0.25, 0.3) is 5.91 Å². The van der Waals surface area contributed by atoms with Gasteiger partial charge in [0.1, 0.15) is 10.7 Å². The van der Waals surface area contributed by atoms with E-state index in [1.54, 1.807) is 18.3 Å². The molecule has 2 aliphatic rings. The van der Waals surface area contributed by atoms with Gasteiger partial charge in [0.05, 0.1) is 0 Å². The summed E-state index contributed by atoms with van der Waals surface area (Å²) in [6.45, 7) is 0.891. The maximum Gasteiger partial charge on any atom is 0.272 e. The Hall–Kier alpha value is -1.49. The quantitative estimate of drug-likeness (QED) is 0.816.